The van der Waals surface area contributed by atoms with Crippen molar-refractivity contribution in [3.63, 3.8) is 0 Å². The van der Waals surface area contributed by atoms with Crippen LogP contribution in [0.2, 0.25) is 19.6 Å². The summed E-state index contributed by atoms with van der Waals surface area (Å²) < 4.78 is 6.12. The van der Waals surface area contributed by atoms with E-state index < -0.39 is 8.07 Å². The maximum absolute atomic E-state index is 6.12. The van der Waals surface area contributed by atoms with Gasteiger partial charge in [0.1, 0.15) is 5.58 Å². The molecule has 3 nitrogen and oxygen atoms in total. The Morgan fingerprint density at radius 2 is 1.47 bits per heavy atom. The molecule has 0 aliphatic carbocycles. The third kappa shape index (κ3) is 7.40. The van der Waals surface area contributed by atoms with Crippen LogP contribution in [0.4, 0.5) is 0 Å². The summed E-state index contributed by atoms with van der Waals surface area (Å²) in [7, 11) is -1.23. The van der Waals surface area contributed by atoms with Gasteiger partial charge in [-0.25, -0.2) is 0 Å². The van der Waals surface area contributed by atoms with Crippen LogP contribution >= 0.6 is 0 Å². The van der Waals surface area contributed by atoms with Gasteiger partial charge in [-0.15, -0.1) is 59.7 Å². The predicted molar refractivity (Wildman–Crippen MR) is 187 cm³/mol. The average Bonchev–Trinajstić information content (AvgIpc) is 3.43. The molecule has 7 rings (SSSR count). The van der Waals surface area contributed by atoms with Gasteiger partial charge in [0.25, 0.3) is 0 Å². The monoisotopic (exact) mass is 781 g/mol. The van der Waals surface area contributed by atoms with Gasteiger partial charge in [-0.2, -0.15) is 0 Å². The maximum atomic E-state index is 6.12. The van der Waals surface area contributed by atoms with Crippen molar-refractivity contribution in [2.75, 3.05) is 0 Å². The van der Waals surface area contributed by atoms with Crippen LogP contribution in [-0.2, 0) is 20.1 Å². The van der Waals surface area contributed by atoms with Crippen molar-refractivity contribution < 1.29 is 24.5 Å². The number of aromatic nitrogens is 2. The molecule has 3 heterocycles. The molecular weight excluding hydrogens is 745 g/mol. The Kier molecular flexibility index (Phi) is 9.94. The zero-order chi connectivity index (χ0) is 30.7. The maximum Gasteiger partial charge on any atom is 0.121 e. The van der Waals surface area contributed by atoms with Gasteiger partial charge < -0.3 is 14.4 Å². The third-order valence-corrected chi connectivity index (χ3v) is 9.88. The summed E-state index contributed by atoms with van der Waals surface area (Å²) in [6.07, 6.45) is 3.89. The van der Waals surface area contributed by atoms with Gasteiger partial charge in [0, 0.05) is 37.9 Å². The third-order valence-electron chi connectivity index (χ3n) is 7.85. The quantitative estimate of drug-likeness (QED) is 0.129. The number of furan rings is 1. The summed E-state index contributed by atoms with van der Waals surface area (Å²) in [4.78, 5) is 9.07. The summed E-state index contributed by atoms with van der Waals surface area (Å²) in [5, 5.41) is 3.61. The van der Waals surface area contributed by atoms with Crippen LogP contribution < -0.4 is 5.19 Å². The molecule has 0 aliphatic rings. The van der Waals surface area contributed by atoms with Crippen molar-refractivity contribution >= 4 is 35.2 Å². The topological polar surface area (TPSA) is 38.9 Å². The van der Waals surface area contributed by atoms with Crippen molar-refractivity contribution in [2.45, 2.75) is 39.4 Å². The Morgan fingerprint density at radius 3 is 2.16 bits per heavy atom. The minimum absolute atomic E-state index is 0. The predicted octanol–water partition coefficient (Wildman–Crippen LogP) is 10.3. The van der Waals surface area contributed by atoms with Crippen LogP contribution in [-0.4, -0.2) is 18.0 Å². The molecule has 7 aromatic rings. The van der Waals surface area contributed by atoms with E-state index in [1.165, 1.54) is 16.3 Å². The van der Waals surface area contributed by atoms with Crippen LogP contribution in [0.1, 0.15) is 25.3 Å². The minimum Gasteiger partial charge on any atom is -0.500 e. The van der Waals surface area contributed by atoms with Crippen molar-refractivity contribution in [1.29, 1.82) is 0 Å². The average molecular weight is 781 g/mol. The van der Waals surface area contributed by atoms with Crippen LogP contribution in [0.3, 0.4) is 0 Å². The largest absolute Gasteiger partial charge is 0.500 e. The molecule has 3 aromatic heterocycles. The first kappa shape index (κ1) is 32.2. The van der Waals surface area contributed by atoms with E-state index in [-0.39, 0.29) is 20.1 Å². The van der Waals surface area contributed by atoms with E-state index in [2.05, 4.69) is 128 Å². The van der Waals surface area contributed by atoms with E-state index in [4.69, 9.17) is 4.42 Å². The Bertz CT molecular complexity index is 2010. The fraction of sp³-hybridized carbons (Fsp3) is 0.150. The summed E-state index contributed by atoms with van der Waals surface area (Å²) in [5.41, 5.74) is 9.37. The standard InChI is InChI=1S/C26H20NO.C14H16NSi.Ir/c1-17(2)19-12-13-27-24(15-19)21-9-11-25-23(14-21)22-10-8-20(16-26(22)28-25)18-6-4-3-5-7-18;1-16(2,3)13-9-10-14(15-11-13)12-7-5-4-6-8-12;/h3-8,10-17H,1-2H3;4-7,9-11H,1-3H3;/q2*-1;. The zero-order valence-electron chi connectivity index (χ0n) is 26.3. The van der Waals surface area contributed by atoms with Gasteiger partial charge >= 0.3 is 0 Å². The van der Waals surface area contributed by atoms with E-state index in [0.29, 0.717) is 5.92 Å². The van der Waals surface area contributed by atoms with Gasteiger partial charge in [-0.1, -0.05) is 105 Å². The molecule has 0 N–H and O–H groups in total. The first-order chi connectivity index (χ1) is 21.3. The van der Waals surface area contributed by atoms with Crippen molar-refractivity contribution in [3.8, 4) is 33.6 Å². The molecule has 4 aromatic carbocycles. The number of hydrogen-bond acceptors (Lipinski definition) is 3. The molecule has 5 heteroatoms. The molecule has 0 saturated carbocycles. The number of fused-ring (bicyclic) bond motifs is 3. The fourth-order valence-electron chi connectivity index (χ4n) is 5.18. The molecule has 0 amide bonds. The summed E-state index contributed by atoms with van der Waals surface area (Å²) in [6.45, 7) is 11.4. The smallest absolute Gasteiger partial charge is 0.121 e. The number of benzene rings is 4. The van der Waals surface area contributed by atoms with Gasteiger partial charge in [-0.05, 0) is 45.8 Å². The van der Waals surface area contributed by atoms with E-state index in [0.717, 1.165) is 50.0 Å². The van der Waals surface area contributed by atoms with Gasteiger partial charge in [0.2, 0.25) is 0 Å². The molecule has 0 spiro atoms. The molecule has 0 bridgehead atoms. The summed E-state index contributed by atoms with van der Waals surface area (Å²) in [5.74, 6) is 0.469. The second-order valence-electron chi connectivity index (χ2n) is 12.4. The van der Waals surface area contributed by atoms with E-state index in [1.54, 1.807) is 0 Å². The van der Waals surface area contributed by atoms with Crippen molar-refractivity contribution in [2.24, 2.45) is 0 Å². The molecule has 0 atom stereocenters. The molecule has 0 aliphatic heterocycles. The molecule has 1 radical (unpaired) electrons. The number of rotatable bonds is 5. The second kappa shape index (κ2) is 13.9. The number of pyridine rings is 2. The number of hydrogen-bond donors (Lipinski definition) is 0. The molecule has 0 saturated heterocycles. The summed E-state index contributed by atoms with van der Waals surface area (Å²) in [6, 6.07) is 43.8. The first-order valence-corrected chi connectivity index (χ1v) is 18.6. The zero-order valence-corrected chi connectivity index (χ0v) is 29.7. The number of nitrogens with zero attached hydrogens (tertiary/aromatic N) is 2. The van der Waals surface area contributed by atoms with Gasteiger partial charge in [0.05, 0.1) is 13.7 Å². The van der Waals surface area contributed by atoms with Crippen LogP contribution in [0, 0.1) is 12.1 Å². The Labute approximate surface area is 280 Å². The minimum atomic E-state index is -1.23. The molecule has 227 valence electrons. The van der Waals surface area contributed by atoms with Gasteiger partial charge in [-0.3, -0.25) is 0 Å². The Balaban J connectivity index is 0.000000202. The molecule has 45 heavy (non-hydrogen) atoms. The SMILES string of the molecule is CC(C)c1ccnc(-c2[c-]cc3oc4cc(-c5ccccc5)ccc4c3c2)c1.C[Si](C)(C)c1ccc(-c2[c-]cccc2)nc1.[Ir]. The van der Waals surface area contributed by atoms with Crippen LogP contribution in [0.5, 0.6) is 0 Å². The van der Waals surface area contributed by atoms with Crippen LogP contribution in [0.15, 0.2) is 126 Å². The molecular formula is C40H36IrN2OSi-2. The second-order valence-corrected chi connectivity index (χ2v) is 17.5. The fourth-order valence-corrected chi connectivity index (χ4v) is 6.22. The van der Waals surface area contributed by atoms with Crippen molar-refractivity contribution in [3.05, 3.63) is 139 Å². The summed E-state index contributed by atoms with van der Waals surface area (Å²) >= 11 is 0. The molecule has 0 unspecified atom stereocenters. The molecule has 0 fully saturated rings. The van der Waals surface area contributed by atoms with Gasteiger partial charge in [0.15, 0.2) is 0 Å². The van der Waals surface area contributed by atoms with Crippen molar-refractivity contribution in [1.82, 2.24) is 9.97 Å². The van der Waals surface area contributed by atoms with E-state index in [9.17, 15) is 0 Å². The first-order valence-electron chi connectivity index (χ1n) is 15.1. The van der Waals surface area contributed by atoms with E-state index >= 15 is 0 Å². The van der Waals surface area contributed by atoms with Crippen LogP contribution in [0.25, 0.3) is 55.6 Å². The Hall–Kier alpha value is -4.15. The Morgan fingerprint density at radius 1 is 0.667 bits per heavy atom. The normalized spacial score (nSPS) is 11.2. The van der Waals surface area contributed by atoms with E-state index in [1.807, 2.05) is 48.8 Å².